The van der Waals surface area contributed by atoms with E-state index in [0.29, 0.717) is 18.1 Å². The summed E-state index contributed by atoms with van der Waals surface area (Å²) in [7, 11) is 2.12. The molecule has 3 atom stereocenters. The minimum Gasteiger partial charge on any atom is -0.377 e. The standard InChI is InChI=1S/C20H31N3OS/c1-6-21-19(22-17-16-11-12-24-18(16)20(17,2)3)23(4)13-14-7-9-15(25-5)10-8-14/h7-10,16-18H,6,11-13H2,1-5H3,(H,21,22). The molecule has 4 nitrogen and oxygen atoms in total. The van der Waals surface area contributed by atoms with Gasteiger partial charge in [0.25, 0.3) is 0 Å². The quantitative estimate of drug-likeness (QED) is 0.494. The molecule has 138 valence electrons. The maximum atomic E-state index is 5.92. The van der Waals surface area contributed by atoms with E-state index in [9.17, 15) is 0 Å². The molecule has 1 saturated heterocycles. The van der Waals surface area contributed by atoms with Crippen LogP contribution in [0.3, 0.4) is 0 Å². The second-order valence-electron chi connectivity index (χ2n) is 7.69. The fourth-order valence-electron chi connectivity index (χ4n) is 4.26. The van der Waals surface area contributed by atoms with Crippen LogP contribution in [-0.2, 0) is 11.3 Å². The Hall–Kier alpha value is -1.20. The molecule has 1 aromatic carbocycles. The van der Waals surface area contributed by atoms with Crippen molar-refractivity contribution in [1.82, 2.24) is 10.2 Å². The number of ether oxygens (including phenoxy) is 1. The third kappa shape index (κ3) is 3.68. The smallest absolute Gasteiger partial charge is 0.194 e. The lowest BCUT2D eigenvalue weighted by atomic mass is 9.57. The Kier molecular flexibility index (Phi) is 5.64. The van der Waals surface area contributed by atoms with Crippen LogP contribution < -0.4 is 5.32 Å². The predicted octanol–water partition coefficient (Wildman–Crippen LogP) is 3.62. The van der Waals surface area contributed by atoms with Crippen LogP contribution in [0.2, 0.25) is 0 Å². The van der Waals surface area contributed by atoms with Crippen LogP contribution in [0.5, 0.6) is 0 Å². The van der Waals surface area contributed by atoms with Crippen molar-refractivity contribution in [2.45, 2.75) is 50.8 Å². The van der Waals surface area contributed by atoms with Crippen LogP contribution in [0, 0.1) is 11.3 Å². The third-order valence-corrected chi connectivity index (χ3v) is 6.38. The third-order valence-electron chi connectivity index (χ3n) is 5.63. The van der Waals surface area contributed by atoms with Gasteiger partial charge in [0.2, 0.25) is 0 Å². The largest absolute Gasteiger partial charge is 0.377 e. The number of nitrogens with one attached hydrogen (secondary N) is 1. The van der Waals surface area contributed by atoms with E-state index in [0.717, 1.165) is 32.1 Å². The van der Waals surface area contributed by atoms with Gasteiger partial charge < -0.3 is 15.0 Å². The van der Waals surface area contributed by atoms with Crippen molar-refractivity contribution in [3.05, 3.63) is 29.8 Å². The number of nitrogens with zero attached hydrogens (tertiary/aromatic N) is 2. The van der Waals surface area contributed by atoms with Crippen molar-refractivity contribution >= 4 is 17.7 Å². The van der Waals surface area contributed by atoms with Crippen LogP contribution in [0.15, 0.2) is 34.2 Å². The number of fused-ring (bicyclic) bond motifs is 1. The molecule has 5 heteroatoms. The summed E-state index contributed by atoms with van der Waals surface area (Å²) >= 11 is 1.78. The molecule has 0 aromatic heterocycles. The molecule has 0 bridgehead atoms. The van der Waals surface area contributed by atoms with Gasteiger partial charge in [-0.15, -0.1) is 11.8 Å². The average Bonchev–Trinajstić information content (AvgIpc) is 3.06. The number of aliphatic imine (C=N–C) groups is 1. The average molecular weight is 362 g/mol. The normalized spacial score (nSPS) is 27.6. The van der Waals surface area contributed by atoms with Crippen molar-refractivity contribution in [3.63, 3.8) is 0 Å². The predicted molar refractivity (Wildman–Crippen MR) is 106 cm³/mol. The van der Waals surface area contributed by atoms with Crippen LogP contribution in [0.25, 0.3) is 0 Å². The Morgan fingerprint density at radius 1 is 1.36 bits per heavy atom. The van der Waals surface area contributed by atoms with Gasteiger partial charge in [0.05, 0.1) is 6.10 Å². The number of rotatable bonds is 5. The van der Waals surface area contributed by atoms with Crippen LogP contribution in [0.1, 0.15) is 32.8 Å². The van der Waals surface area contributed by atoms with Gasteiger partial charge in [-0.25, -0.2) is 0 Å². The van der Waals surface area contributed by atoms with Gasteiger partial charge in [0.1, 0.15) is 0 Å². The monoisotopic (exact) mass is 361 g/mol. The molecule has 0 radical (unpaired) electrons. The topological polar surface area (TPSA) is 36.9 Å². The molecule has 1 N–H and O–H groups in total. The minimum absolute atomic E-state index is 0.163. The van der Waals surface area contributed by atoms with E-state index >= 15 is 0 Å². The van der Waals surface area contributed by atoms with E-state index in [-0.39, 0.29) is 5.41 Å². The van der Waals surface area contributed by atoms with Crippen LogP contribution >= 0.6 is 11.8 Å². The Morgan fingerprint density at radius 2 is 2.08 bits per heavy atom. The molecule has 1 aromatic rings. The Labute approximate surface area is 156 Å². The number of hydrogen-bond acceptors (Lipinski definition) is 3. The maximum absolute atomic E-state index is 5.92. The lowest BCUT2D eigenvalue weighted by Gasteiger charge is -2.55. The van der Waals surface area contributed by atoms with Crippen molar-refractivity contribution in [2.75, 3.05) is 26.5 Å². The molecule has 0 amide bonds. The van der Waals surface area contributed by atoms with E-state index in [1.807, 2.05) is 0 Å². The summed E-state index contributed by atoms with van der Waals surface area (Å²) in [6.07, 6.45) is 3.67. The second kappa shape index (κ2) is 7.58. The fraction of sp³-hybridized carbons (Fsp3) is 0.650. The van der Waals surface area contributed by atoms with Gasteiger partial charge in [-0.2, -0.15) is 0 Å². The summed E-state index contributed by atoms with van der Waals surface area (Å²) in [5.41, 5.74) is 1.47. The molecule has 3 rings (SSSR count). The van der Waals surface area contributed by atoms with E-state index in [1.54, 1.807) is 11.8 Å². The molecule has 0 spiro atoms. The van der Waals surface area contributed by atoms with Crippen molar-refractivity contribution in [1.29, 1.82) is 0 Å². The first-order chi connectivity index (χ1) is 12.0. The Bertz CT molecular complexity index is 614. The first-order valence-corrected chi connectivity index (χ1v) is 10.5. The SMILES string of the molecule is CCN=C(NC1C2CCOC2C1(C)C)N(C)Cc1ccc(SC)cc1. The van der Waals surface area contributed by atoms with Gasteiger partial charge >= 0.3 is 0 Å². The molecular formula is C20H31N3OS. The Morgan fingerprint density at radius 3 is 2.72 bits per heavy atom. The minimum atomic E-state index is 0.163. The van der Waals surface area contributed by atoms with Crippen LogP contribution in [-0.4, -0.2) is 49.5 Å². The summed E-state index contributed by atoms with van der Waals surface area (Å²) in [4.78, 5) is 8.28. The number of benzene rings is 1. The highest BCUT2D eigenvalue weighted by Crippen LogP contribution is 2.52. The lowest BCUT2D eigenvalue weighted by molar-refractivity contribution is -0.107. The summed E-state index contributed by atoms with van der Waals surface area (Å²) in [6, 6.07) is 9.23. The van der Waals surface area contributed by atoms with Gasteiger partial charge in [-0.05, 0) is 37.3 Å². The molecule has 1 heterocycles. The first-order valence-electron chi connectivity index (χ1n) is 9.24. The summed E-state index contributed by atoms with van der Waals surface area (Å²) in [5.74, 6) is 1.62. The van der Waals surface area contributed by atoms with Gasteiger partial charge in [-0.1, -0.05) is 26.0 Å². The van der Waals surface area contributed by atoms with Gasteiger partial charge in [0, 0.05) is 49.0 Å². The maximum Gasteiger partial charge on any atom is 0.194 e. The molecular weight excluding hydrogens is 330 g/mol. The Balaban J connectivity index is 1.67. The van der Waals surface area contributed by atoms with Crippen molar-refractivity contribution in [3.8, 4) is 0 Å². The van der Waals surface area contributed by atoms with Crippen molar-refractivity contribution < 1.29 is 4.74 Å². The van der Waals surface area contributed by atoms with Gasteiger partial charge in [0.15, 0.2) is 5.96 Å². The van der Waals surface area contributed by atoms with E-state index in [4.69, 9.17) is 9.73 Å². The highest BCUT2D eigenvalue weighted by Gasteiger charge is 2.59. The zero-order valence-electron chi connectivity index (χ0n) is 16.1. The molecule has 3 unspecified atom stereocenters. The molecule has 1 aliphatic heterocycles. The van der Waals surface area contributed by atoms with E-state index in [2.05, 4.69) is 68.6 Å². The summed E-state index contributed by atoms with van der Waals surface area (Å²) in [6.45, 7) is 9.25. The lowest BCUT2D eigenvalue weighted by Crippen LogP contribution is -2.67. The van der Waals surface area contributed by atoms with Gasteiger partial charge in [-0.3, -0.25) is 4.99 Å². The first kappa shape index (κ1) is 18.6. The molecule has 2 aliphatic rings. The highest BCUT2D eigenvalue weighted by molar-refractivity contribution is 7.98. The zero-order chi connectivity index (χ0) is 18.0. The molecule has 1 saturated carbocycles. The number of hydrogen-bond donors (Lipinski definition) is 1. The second-order valence-corrected chi connectivity index (χ2v) is 8.57. The fourth-order valence-corrected chi connectivity index (χ4v) is 4.67. The zero-order valence-corrected chi connectivity index (χ0v) is 16.9. The summed E-state index contributed by atoms with van der Waals surface area (Å²) in [5, 5.41) is 3.75. The number of thioether (sulfide) groups is 1. The van der Waals surface area contributed by atoms with E-state index in [1.165, 1.54) is 10.5 Å². The molecule has 25 heavy (non-hydrogen) atoms. The molecule has 2 fully saturated rings. The number of guanidine groups is 1. The molecule has 1 aliphatic carbocycles. The van der Waals surface area contributed by atoms with E-state index < -0.39 is 0 Å². The summed E-state index contributed by atoms with van der Waals surface area (Å²) < 4.78 is 5.92. The van der Waals surface area contributed by atoms with Crippen molar-refractivity contribution in [2.24, 2.45) is 16.3 Å². The van der Waals surface area contributed by atoms with Crippen LogP contribution in [0.4, 0.5) is 0 Å². The highest BCUT2D eigenvalue weighted by atomic mass is 32.2.